The molecule has 8 nitrogen and oxygen atoms in total. The van der Waals surface area contributed by atoms with Crippen molar-refractivity contribution >= 4 is 11.8 Å². The molecule has 0 spiro atoms. The number of aromatic nitrogens is 3. The van der Waals surface area contributed by atoms with Crippen LogP contribution in [0.3, 0.4) is 0 Å². The van der Waals surface area contributed by atoms with Crippen molar-refractivity contribution in [1.29, 1.82) is 0 Å². The van der Waals surface area contributed by atoms with Gasteiger partial charge < -0.3 is 20.1 Å². The van der Waals surface area contributed by atoms with Gasteiger partial charge in [0.1, 0.15) is 5.82 Å². The van der Waals surface area contributed by atoms with Crippen molar-refractivity contribution in [1.82, 2.24) is 30.3 Å². The van der Waals surface area contributed by atoms with Crippen molar-refractivity contribution in [3.63, 3.8) is 0 Å². The van der Waals surface area contributed by atoms with Crippen LogP contribution in [0.15, 0.2) is 0 Å². The number of aryl methyl sites for hydroxylation is 1. The number of amides is 2. The molecule has 1 aromatic rings. The van der Waals surface area contributed by atoms with Gasteiger partial charge in [0.2, 0.25) is 11.8 Å². The zero-order valence-electron chi connectivity index (χ0n) is 15.2. The molecule has 2 unspecified atom stereocenters. The van der Waals surface area contributed by atoms with Crippen molar-refractivity contribution in [3.05, 3.63) is 11.6 Å². The number of nitrogens with zero attached hydrogens (tertiary/aromatic N) is 4. The molecule has 2 saturated heterocycles. The summed E-state index contributed by atoms with van der Waals surface area (Å²) in [5.41, 5.74) is 0. The topological polar surface area (TPSA) is 92.1 Å². The van der Waals surface area contributed by atoms with Crippen LogP contribution in [-0.4, -0.2) is 57.7 Å². The van der Waals surface area contributed by atoms with Gasteiger partial charge in [-0.05, 0) is 32.1 Å². The van der Waals surface area contributed by atoms with E-state index >= 15 is 0 Å². The number of hydrogen-bond acceptors (Lipinski definition) is 5. The van der Waals surface area contributed by atoms with E-state index in [0.717, 1.165) is 63.4 Å². The number of nitrogens with one attached hydrogen (secondary N) is 2. The Hall–Kier alpha value is -1.96. The number of piperidine rings is 1. The Balaban J connectivity index is 1.31. The highest BCUT2D eigenvalue weighted by Crippen LogP contribution is 2.21. The second-order valence-electron chi connectivity index (χ2n) is 7.68. The van der Waals surface area contributed by atoms with Crippen molar-refractivity contribution in [2.24, 2.45) is 11.8 Å². The van der Waals surface area contributed by atoms with Crippen LogP contribution in [-0.2, 0) is 29.1 Å². The quantitative estimate of drug-likeness (QED) is 0.793. The first-order valence-electron chi connectivity index (χ1n) is 9.90. The molecule has 4 rings (SSSR count). The van der Waals surface area contributed by atoms with Crippen molar-refractivity contribution in [2.75, 3.05) is 26.2 Å². The third kappa shape index (κ3) is 3.60. The highest BCUT2D eigenvalue weighted by molar-refractivity contribution is 5.83. The number of likely N-dealkylation sites (tertiary alicyclic amines) is 1. The molecule has 142 valence electrons. The summed E-state index contributed by atoms with van der Waals surface area (Å²) in [6, 6.07) is 0. The van der Waals surface area contributed by atoms with Gasteiger partial charge in [-0.2, -0.15) is 0 Å². The van der Waals surface area contributed by atoms with Crippen LogP contribution < -0.4 is 10.6 Å². The van der Waals surface area contributed by atoms with Gasteiger partial charge in [0.05, 0.1) is 18.4 Å². The Kier molecular flexibility index (Phi) is 5.19. The molecule has 2 amide bonds. The van der Waals surface area contributed by atoms with E-state index in [1.54, 1.807) is 0 Å². The van der Waals surface area contributed by atoms with Crippen LogP contribution >= 0.6 is 0 Å². The van der Waals surface area contributed by atoms with Gasteiger partial charge in [-0.1, -0.05) is 0 Å². The van der Waals surface area contributed by atoms with Crippen molar-refractivity contribution in [3.8, 4) is 0 Å². The predicted molar refractivity (Wildman–Crippen MR) is 95.1 cm³/mol. The monoisotopic (exact) mass is 360 g/mol. The molecule has 8 heteroatoms. The fourth-order valence-corrected chi connectivity index (χ4v) is 4.34. The van der Waals surface area contributed by atoms with E-state index in [0.29, 0.717) is 26.1 Å². The lowest BCUT2D eigenvalue weighted by Crippen LogP contribution is -2.48. The summed E-state index contributed by atoms with van der Waals surface area (Å²) in [5, 5.41) is 14.7. The number of hydrogen-bond donors (Lipinski definition) is 2. The van der Waals surface area contributed by atoms with Gasteiger partial charge in [0, 0.05) is 39.1 Å². The highest BCUT2D eigenvalue weighted by atomic mass is 16.2. The minimum Gasteiger partial charge on any atom is -0.349 e. The average Bonchev–Trinajstić information content (AvgIpc) is 3.36. The normalized spacial score (nSPS) is 25.8. The Morgan fingerprint density at radius 3 is 2.65 bits per heavy atom. The fraction of sp³-hybridized carbons (Fsp3) is 0.778. The minimum atomic E-state index is -0.163. The third-order valence-electron chi connectivity index (χ3n) is 5.85. The lowest BCUT2D eigenvalue weighted by molar-refractivity contribution is -0.136. The second kappa shape index (κ2) is 7.73. The van der Waals surface area contributed by atoms with Crippen molar-refractivity contribution < 1.29 is 9.59 Å². The lowest BCUT2D eigenvalue weighted by atomic mass is 9.89. The highest BCUT2D eigenvalue weighted by Gasteiger charge is 2.34. The van der Waals surface area contributed by atoms with Crippen LogP contribution in [0.5, 0.6) is 0 Å². The van der Waals surface area contributed by atoms with Gasteiger partial charge in [0.25, 0.3) is 0 Å². The molecule has 0 bridgehead atoms. The Bertz CT molecular complexity index is 667. The standard InChI is InChI=1S/C18H28N6O2/c25-17(20-12-16-22-21-15-5-1-2-8-24(15)16)13-9-14(11-19-10-13)18(26)23-6-3-4-7-23/h13-14,19H,1-12H2,(H,20,25). The molecule has 2 atom stereocenters. The number of carbonyl (C=O) groups excluding carboxylic acids is 2. The summed E-state index contributed by atoms with van der Waals surface area (Å²) in [4.78, 5) is 27.2. The van der Waals surface area contributed by atoms with Crippen LogP contribution in [0.4, 0.5) is 0 Å². The summed E-state index contributed by atoms with van der Waals surface area (Å²) < 4.78 is 2.13. The maximum atomic E-state index is 12.6. The maximum Gasteiger partial charge on any atom is 0.226 e. The van der Waals surface area contributed by atoms with E-state index in [1.165, 1.54) is 0 Å². The Labute approximate surface area is 153 Å². The maximum absolute atomic E-state index is 12.6. The summed E-state index contributed by atoms with van der Waals surface area (Å²) in [6.45, 7) is 4.39. The summed E-state index contributed by atoms with van der Waals surface area (Å²) in [7, 11) is 0. The number of carbonyl (C=O) groups is 2. The molecule has 3 aliphatic heterocycles. The number of rotatable bonds is 4. The molecule has 2 fully saturated rings. The van der Waals surface area contributed by atoms with Gasteiger partial charge in [-0.3, -0.25) is 9.59 Å². The second-order valence-corrected chi connectivity index (χ2v) is 7.68. The SMILES string of the molecule is O=C(NCc1nnc2n1CCCC2)C1CNCC(C(=O)N2CCCC2)C1. The summed E-state index contributed by atoms with van der Waals surface area (Å²) in [5.74, 6) is 1.82. The zero-order chi connectivity index (χ0) is 17.9. The molecule has 0 aliphatic carbocycles. The molecular formula is C18H28N6O2. The van der Waals surface area contributed by atoms with E-state index in [4.69, 9.17) is 0 Å². The van der Waals surface area contributed by atoms with Crippen LogP contribution in [0.2, 0.25) is 0 Å². The molecule has 26 heavy (non-hydrogen) atoms. The van der Waals surface area contributed by atoms with Crippen LogP contribution in [0.25, 0.3) is 0 Å². The molecule has 3 aliphatic rings. The lowest BCUT2D eigenvalue weighted by Gasteiger charge is -2.31. The van der Waals surface area contributed by atoms with Crippen molar-refractivity contribution in [2.45, 2.75) is 51.6 Å². The molecular weight excluding hydrogens is 332 g/mol. The fourth-order valence-electron chi connectivity index (χ4n) is 4.34. The van der Waals surface area contributed by atoms with Gasteiger partial charge in [-0.25, -0.2) is 0 Å². The van der Waals surface area contributed by atoms with Crippen LogP contribution in [0.1, 0.15) is 43.8 Å². The molecule has 1 aromatic heterocycles. The van der Waals surface area contributed by atoms with E-state index in [-0.39, 0.29) is 23.7 Å². The summed E-state index contributed by atoms with van der Waals surface area (Å²) in [6.07, 6.45) is 6.08. The van der Waals surface area contributed by atoms with E-state index in [9.17, 15) is 9.59 Å². The van der Waals surface area contributed by atoms with E-state index < -0.39 is 0 Å². The molecule has 2 N–H and O–H groups in total. The Morgan fingerprint density at radius 2 is 1.81 bits per heavy atom. The largest absolute Gasteiger partial charge is 0.349 e. The molecule has 0 saturated carbocycles. The van der Waals surface area contributed by atoms with Crippen LogP contribution in [0, 0.1) is 11.8 Å². The first kappa shape index (κ1) is 17.5. The molecule has 4 heterocycles. The van der Waals surface area contributed by atoms with Gasteiger partial charge >= 0.3 is 0 Å². The smallest absolute Gasteiger partial charge is 0.226 e. The van der Waals surface area contributed by atoms with E-state index in [1.807, 2.05) is 4.90 Å². The summed E-state index contributed by atoms with van der Waals surface area (Å²) >= 11 is 0. The first-order chi connectivity index (χ1) is 12.7. The minimum absolute atomic E-state index is 0.00424. The Morgan fingerprint density at radius 1 is 1.04 bits per heavy atom. The average molecular weight is 360 g/mol. The number of fused-ring (bicyclic) bond motifs is 1. The predicted octanol–water partition coefficient (Wildman–Crippen LogP) is 0.0787. The molecule has 0 aromatic carbocycles. The van der Waals surface area contributed by atoms with Gasteiger partial charge in [0.15, 0.2) is 5.82 Å². The molecule has 0 radical (unpaired) electrons. The first-order valence-corrected chi connectivity index (χ1v) is 9.90. The zero-order valence-corrected chi connectivity index (χ0v) is 15.2. The van der Waals surface area contributed by atoms with E-state index in [2.05, 4.69) is 25.4 Å². The third-order valence-corrected chi connectivity index (χ3v) is 5.85. The van der Waals surface area contributed by atoms with Gasteiger partial charge in [-0.15, -0.1) is 10.2 Å².